The van der Waals surface area contributed by atoms with Crippen LogP contribution in [0.4, 0.5) is 17.6 Å². The van der Waals surface area contributed by atoms with Crippen molar-refractivity contribution in [2.75, 3.05) is 14.2 Å². The lowest BCUT2D eigenvalue weighted by atomic mass is 10.0. The number of hydrogen-bond acceptors (Lipinski definition) is 5. The van der Waals surface area contributed by atoms with Gasteiger partial charge in [-0.15, -0.1) is 0 Å². The second kappa shape index (κ2) is 9.38. The molecule has 0 saturated heterocycles. The number of rotatable bonds is 5. The van der Waals surface area contributed by atoms with Crippen LogP contribution >= 0.6 is 0 Å². The fourth-order valence-corrected chi connectivity index (χ4v) is 4.35. The molecular formula is C26H23F4N3O4. The largest absolute Gasteiger partial charge is 0.496 e. The van der Waals surface area contributed by atoms with Gasteiger partial charge in [-0.3, -0.25) is 23.7 Å². The fourth-order valence-electron chi connectivity index (χ4n) is 4.35. The highest BCUT2D eigenvalue weighted by Gasteiger charge is 2.38. The summed E-state index contributed by atoms with van der Waals surface area (Å²) >= 11 is 0. The SMILES string of the molecule is COc1cccc(F)c1-n1c(C(F)(F)F)cc2c(OC)cc(=O)n(-c3c(C)ccnc3C(C)C)c2c1=O. The molecule has 0 aliphatic heterocycles. The predicted molar refractivity (Wildman–Crippen MR) is 130 cm³/mol. The first-order valence-corrected chi connectivity index (χ1v) is 11.2. The smallest absolute Gasteiger partial charge is 0.431 e. The first-order chi connectivity index (χ1) is 17.4. The zero-order valence-electron chi connectivity index (χ0n) is 20.6. The molecule has 0 saturated carbocycles. The van der Waals surface area contributed by atoms with Crippen LogP contribution in [-0.2, 0) is 6.18 Å². The molecule has 194 valence electrons. The summed E-state index contributed by atoms with van der Waals surface area (Å²) in [6.07, 6.45) is -3.55. The molecule has 4 aromatic rings. The van der Waals surface area contributed by atoms with Gasteiger partial charge in [-0.1, -0.05) is 19.9 Å². The predicted octanol–water partition coefficient (Wildman–Crippen LogP) is 5.14. The summed E-state index contributed by atoms with van der Waals surface area (Å²) in [5.41, 5.74) is -3.40. The van der Waals surface area contributed by atoms with Gasteiger partial charge in [0.25, 0.3) is 11.1 Å². The molecule has 11 heteroatoms. The van der Waals surface area contributed by atoms with Gasteiger partial charge < -0.3 is 9.47 Å². The average molecular weight is 517 g/mol. The first-order valence-electron chi connectivity index (χ1n) is 11.2. The van der Waals surface area contributed by atoms with E-state index in [1.54, 1.807) is 13.0 Å². The van der Waals surface area contributed by atoms with E-state index in [4.69, 9.17) is 9.47 Å². The molecule has 0 radical (unpaired) electrons. The monoisotopic (exact) mass is 517 g/mol. The maximum absolute atomic E-state index is 15.0. The van der Waals surface area contributed by atoms with Crippen LogP contribution in [0.1, 0.15) is 36.7 Å². The number of pyridine rings is 3. The molecule has 0 unspecified atom stereocenters. The molecule has 37 heavy (non-hydrogen) atoms. The Labute approximate surface area is 208 Å². The van der Waals surface area contributed by atoms with Crippen molar-refractivity contribution in [1.82, 2.24) is 14.1 Å². The molecule has 3 heterocycles. The lowest BCUT2D eigenvalue weighted by molar-refractivity contribution is -0.142. The Bertz CT molecular complexity index is 1640. The number of nitrogens with zero attached hydrogens (tertiary/aromatic N) is 3. The molecule has 3 aromatic heterocycles. The quantitative estimate of drug-likeness (QED) is 0.343. The highest BCUT2D eigenvalue weighted by molar-refractivity contribution is 5.87. The molecule has 0 aliphatic carbocycles. The van der Waals surface area contributed by atoms with E-state index in [1.165, 1.54) is 25.4 Å². The van der Waals surface area contributed by atoms with Crippen molar-refractivity contribution in [3.05, 3.63) is 86.1 Å². The van der Waals surface area contributed by atoms with Crippen LogP contribution in [0.25, 0.3) is 22.3 Å². The molecule has 0 atom stereocenters. The van der Waals surface area contributed by atoms with Gasteiger partial charge in [0.1, 0.15) is 28.4 Å². The van der Waals surface area contributed by atoms with Gasteiger partial charge in [0.15, 0.2) is 5.82 Å². The molecule has 0 fully saturated rings. The summed E-state index contributed by atoms with van der Waals surface area (Å²) in [5, 5.41) is -0.274. The number of aryl methyl sites for hydroxylation is 1. The van der Waals surface area contributed by atoms with Gasteiger partial charge in [-0.25, -0.2) is 4.39 Å². The van der Waals surface area contributed by atoms with Crippen LogP contribution in [0, 0.1) is 12.7 Å². The second-order valence-electron chi connectivity index (χ2n) is 8.62. The number of benzene rings is 1. The van der Waals surface area contributed by atoms with E-state index in [2.05, 4.69) is 4.98 Å². The molecule has 1 aromatic carbocycles. The van der Waals surface area contributed by atoms with Gasteiger partial charge in [-0.05, 0) is 42.7 Å². The second-order valence-corrected chi connectivity index (χ2v) is 8.62. The molecule has 0 amide bonds. The van der Waals surface area contributed by atoms with E-state index in [1.807, 2.05) is 13.8 Å². The Balaban J connectivity index is 2.35. The minimum atomic E-state index is -5.08. The van der Waals surface area contributed by atoms with Gasteiger partial charge in [0, 0.05) is 17.6 Å². The van der Waals surface area contributed by atoms with E-state index >= 15 is 4.39 Å². The Hall–Kier alpha value is -4.15. The standard InChI is InChI=1S/C26H23F4N3O4/c1-13(2)21-22(14(3)9-10-31-21)33-20(34)12-18(37-5)15-11-19(26(28,29)30)32(25(35)23(15)33)24-16(27)7-6-8-17(24)36-4/h6-13H,1-5H3. The van der Waals surface area contributed by atoms with Crippen LogP contribution in [0.5, 0.6) is 11.5 Å². The summed E-state index contributed by atoms with van der Waals surface area (Å²) in [4.78, 5) is 31.8. The first kappa shape index (κ1) is 25.9. The average Bonchev–Trinajstić information content (AvgIpc) is 2.83. The molecule has 0 bridgehead atoms. The lowest BCUT2D eigenvalue weighted by Gasteiger charge is -2.22. The Morgan fingerprint density at radius 3 is 2.22 bits per heavy atom. The zero-order valence-corrected chi connectivity index (χ0v) is 20.6. The molecule has 0 N–H and O–H groups in total. The van der Waals surface area contributed by atoms with Gasteiger partial charge in [-0.2, -0.15) is 13.2 Å². The normalized spacial score (nSPS) is 11.8. The van der Waals surface area contributed by atoms with Crippen molar-refractivity contribution >= 4 is 10.9 Å². The number of ether oxygens (including phenoxy) is 2. The third-order valence-electron chi connectivity index (χ3n) is 5.98. The maximum Gasteiger partial charge on any atom is 0.431 e. The van der Waals surface area contributed by atoms with Crippen molar-refractivity contribution in [1.29, 1.82) is 0 Å². The summed E-state index contributed by atoms with van der Waals surface area (Å²) in [6.45, 7) is 5.34. The van der Waals surface area contributed by atoms with E-state index in [0.717, 1.165) is 23.8 Å². The van der Waals surface area contributed by atoms with Gasteiger partial charge >= 0.3 is 6.18 Å². The Kier molecular flexibility index (Phi) is 6.57. The summed E-state index contributed by atoms with van der Waals surface area (Å²) in [5.74, 6) is -1.87. The van der Waals surface area contributed by atoms with Crippen molar-refractivity contribution in [3.8, 4) is 22.9 Å². The fraction of sp³-hybridized carbons (Fsp3) is 0.269. The molecule has 4 rings (SSSR count). The van der Waals surface area contributed by atoms with Gasteiger partial charge in [0.2, 0.25) is 0 Å². The number of para-hydroxylation sites is 1. The lowest BCUT2D eigenvalue weighted by Crippen LogP contribution is -2.33. The van der Waals surface area contributed by atoms with Crippen LogP contribution in [-0.4, -0.2) is 28.3 Å². The van der Waals surface area contributed by atoms with Gasteiger partial charge in [0.05, 0.1) is 25.6 Å². The highest BCUT2D eigenvalue weighted by Crippen LogP contribution is 2.37. The number of fused-ring (bicyclic) bond motifs is 1. The Morgan fingerprint density at radius 2 is 1.62 bits per heavy atom. The number of hydrogen-bond donors (Lipinski definition) is 0. The molecule has 0 spiro atoms. The van der Waals surface area contributed by atoms with Crippen molar-refractivity contribution in [2.24, 2.45) is 0 Å². The van der Waals surface area contributed by atoms with Crippen molar-refractivity contribution < 1.29 is 27.0 Å². The topological polar surface area (TPSA) is 75.3 Å². The number of aromatic nitrogens is 3. The summed E-state index contributed by atoms with van der Waals surface area (Å²) in [7, 11) is 2.32. The van der Waals surface area contributed by atoms with Crippen LogP contribution in [0.3, 0.4) is 0 Å². The van der Waals surface area contributed by atoms with Crippen LogP contribution in [0.2, 0.25) is 0 Å². The summed E-state index contributed by atoms with van der Waals surface area (Å²) < 4.78 is 69.6. The minimum absolute atomic E-state index is 0.187. The van der Waals surface area contributed by atoms with E-state index in [9.17, 15) is 22.8 Å². The number of halogens is 4. The van der Waals surface area contributed by atoms with E-state index in [0.29, 0.717) is 17.3 Å². The van der Waals surface area contributed by atoms with Crippen molar-refractivity contribution in [2.45, 2.75) is 32.9 Å². The van der Waals surface area contributed by atoms with Crippen LogP contribution in [0.15, 0.2) is 52.2 Å². The van der Waals surface area contributed by atoms with E-state index in [-0.39, 0.29) is 33.1 Å². The Morgan fingerprint density at radius 1 is 0.946 bits per heavy atom. The maximum atomic E-state index is 15.0. The highest BCUT2D eigenvalue weighted by atomic mass is 19.4. The number of methoxy groups -OCH3 is 2. The third-order valence-corrected chi connectivity index (χ3v) is 5.98. The number of alkyl halides is 3. The minimum Gasteiger partial charge on any atom is -0.496 e. The van der Waals surface area contributed by atoms with E-state index < -0.39 is 40.0 Å². The molecule has 7 nitrogen and oxygen atoms in total. The van der Waals surface area contributed by atoms with Crippen LogP contribution < -0.4 is 20.6 Å². The van der Waals surface area contributed by atoms with Crippen molar-refractivity contribution in [3.63, 3.8) is 0 Å². The molecule has 0 aliphatic rings. The summed E-state index contributed by atoms with van der Waals surface area (Å²) in [6, 6.07) is 6.67. The molecular weight excluding hydrogens is 494 g/mol. The zero-order chi connectivity index (χ0) is 27.2. The third kappa shape index (κ3) is 4.24.